The zero-order valence-corrected chi connectivity index (χ0v) is 10.5. The van der Waals surface area contributed by atoms with E-state index in [-0.39, 0.29) is 11.4 Å². The highest BCUT2D eigenvalue weighted by atomic mass is 32.2. The first-order chi connectivity index (χ1) is 7.85. The van der Waals surface area contributed by atoms with E-state index in [4.69, 9.17) is 5.11 Å². The van der Waals surface area contributed by atoms with Crippen LogP contribution in [0.15, 0.2) is 35.2 Å². The summed E-state index contributed by atoms with van der Waals surface area (Å²) < 4.78 is 25.1. The normalized spacial score (nSPS) is 13.6. The summed E-state index contributed by atoms with van der Waals surface area (Å²) in [5.41, 5.74) is 0. The van der Waals surface area contributed by atoms with Gasteiger partial charge in [0.1, 0.15) is 0 Å². The average Bonchev–Trinajstić information content (AvgIpc) is 2.29. The minimum atomic E-state index is -3.60. The molecule has 6 heteroatoms. The van der Waals surface area contributed by atoms with Crippen LogP contribution in [0.4, 0.5) is 0 Å². The molecule has 0 saturated carbocycles. The summed E-state index contributed by atoms with van der Waals surface area (Å²) in [7, 11) is -2.22. The van der Waals surface area contributed by atoms with E-state index >= 15 is 0 Å². The van der Waals surface area contributed by atoms with Gasteiger partial charge < -0.3 is 5.11 Å². The monoisotopic (exact) mass is 257 g/mol. The standard InChI is InChI=1S/C11H15NO4S/c1-9(11(13)14)8-12(2)17(15,16)10-6-4-3-5-7-10/h3-7,9H,8H2,1-2H3,(H,13,14)/t9-/m1/s1. The van der Waals surface area contributed by atoms with Crippen LogP contribution in [0.25, 0.3) is 0 Å². The van der Waals surface area contributed by atoms with Gasteiger partial charge in [0.05, 0.1) is 10.8 Å². The molecule has 1 rings (SSSR count). The second-order valence-corrected chi connectivity index (χ2v) is 5.88. The predicted octanol–water partition coefficient (Wildman–Crippen LogP) is 1.03. The lowest BCUT2D eigenvalue weighted by Crippen LogP contribution is -2.33. The van der Waals surface area contributed by atoms with E-state index in [0.29, 0.717) is 0 Å². The van der Waals surface area contributed by atoms with Crippen molar-refractivity contribution in [1.29, 1.82) is 0 Å². The number of benzene rings is 1. The lowest BCUT2D eigenvalue weighted by molar-refractivity contribution is -0.141. The number of aliphatic carboxylic acids is 1. The van der Waals surface area contributed by atoms with Crippen LogP contribution in [-0.4, -0.2) is 37.4 Å². The Morgan fingerprint density at radius 3 is 2.35 bits per heavy atom. The maximum atomic E-state index is 12.0. The molecule has 5 nitrogen and oxygen atoms in total. The summed E-state index contributed by atoms with van der Waals surface area (Å²) in [5, 5.41) is 8.75. The van der Waals surface area contributed by atoms with Crippen LogP contribution < -0.4 is 0 Å². The average molecular weight is 257 g/mol. The molecule has 0 spiro atoms. The summed E-state index contributed by atoms with van der Waals surface area (Å²) in [6, 6.07) is 7.94. The summed E-state index contributed by atoms with van der Waals surface area (Å²) in [6.07, 6.45) is 0. The van der Waals surface area contributed by atoms with Gasteiger partial charge in [-0.25, -0.2) is 12.7 Å². The molecule has 0 bridgehead atoms. The maximum Gasteiger partial charge on any atom is 0.307 e. The van der Waals surface area contributed by atoms with Crippen molar-refractivity contribution in [2.24, 2.45) is 5.92 Å². The molecule has 0 saturated heterocycles. The number of sulfonamides is 1. The number of rotatable bonds is 5. The number of carbonyl (C=O) groups is 1. The molecule has 1 N–H and O–H groups in total. The fourth-order valence-corrected chi connectivity index (χ4v) is 2.62. The Balaban J connectivity index is 2.89. The quantitative estimate of drug-likeness (QED) is 0.854. The second-order valence-electron chi connectivity index (χ2n) is 3.84. The second kappa shape index (κ2) is 5.29. The molecular formula is C11H15NO4S. The van der Waals surface area contributed by atoms with E-state index in [1.54, 1.807) is 18.2 Å². The number of nitrogens with zero attached hydrogens (tertiary/aromatic N) is 1. The van der Waals surface area contributed by atoms with Gasteiger partial charge >= 0.3 is 5.97 Å². The number of hydrogen-bond acceptors (Lipinski definition) is 3. The zero-order valence-electron chi connectivity index (χ0n) is 9.70. The molecule has 0 amide bonds. The third-order valence-corrected chi connectivity index (χ3v) is 4.24. The van der Waals surface area contributed by atoms with Crippen molar-refractivity contribution < 1.29 is 18.3 Å². The molecule has 0 aliphatic rings. The first kappa shape index (κ1) is 13.7. The van der Waals surface area contributed by atoms with Crippen LogP contribution >= 0.6 is 0 Å². The molecule has 1 aromatic carbocycles. The molecule has 0 aliphatic carbocycles. The zero-order chi connectivity index (χ0) is 13.1. The molecule has 0 fully saturated rings. The van der Waals surface area contributed by atoms with Gasteiger partial charge in [0.2, 0.25) is 10.0 Å². The Labute approximate surface area is 101 Å². The maximum absolute atomic E-state index is 12.0. The van der Waals surface area contributed by atoms with Gasteiger partial charge in [0, 0.05) is 13.6 Å². The Morgan fingerprint density at radius 2 is 1.88 bits per heavy atom. The van der Waals surface area contributed by atoms with Crippen molar-refractivity contribution in [2.45, 2.75) is 11.8 Å². The van der Waals surface area contributed by atoms with Gasteiger partial charge in [0.15, 0.2) is 0 Å². The molecule has 1 aromatic rings. The summed E-state index contributed by atoms with van der Waals surface area (Å²) in [5.74, 6) is -1.75. The van der Waals surface area contributed by atoms with Crippen molar-refractivity contribution in [2.75, 3.05) is 13.6 Å². The third-order valence-electron chi connectivity index (χ3n) is 2.40. The lowest BCUT2D eigenvalue weighted by atomic mass is 10.2. The van der Waals surface area contributed by atoms with Crippen molar-refractivity contribution in [3.05, 3.63) is 30.3 Å². The first-order valence-electron chi connectivity index (χ1n) is 5.10. The largest absolute Gasteiger partial charge is 0.481 e. The van der Waals surface area contributed by atoms with Gasteiger partial charge in [-0.1, -0.05) is 25.1 Å². The molecule has 0 unspecified atom stereocenters. The number of carboxylic acids is 1. The molecule has 1 atom stereocenters. The van der Waals surface area contributed by atoms with E-state index in [1.807, 2.05) is 0 Å². The van der Waals surface area contributed by atoms with Crippen LogP contribution in [0.5, 0.6) is 0 Å². The van der Waals surface area contributed by atoms with E-state index in [2.05, 4.69) is 0 Å². The molecule has 0 heterocycles. The Morgan fingerprint density at radius 1 is 1.35 bits per heavy atom. The molecule has 0 aromatic heterocycles. The van der Waals surface area contributed by atoms with Crippen LogP contribution in [0, 0.1) is 5.92 Å². The minimum absolute atomic E-state index is 0.0490. The Hall–Kier alpha value is -1.40. The Bertz CT molecular complexity index is 483. The predicted molar refractivity (Wildman–Crippen MR) is 63.1 cm³/mol. The van der Waals surface area contributed by atoms with Crippen molar-refractivity contribution >= 4 is 16.0 Å². The van der Waals surface area contributed by atoms with Crippen molar-refractivity contribution in [3.8, 4) is 0 Å². The highest BCUT2D eigenvalue weighted by Gasteiger charge is 2.24. The molecule has 94 valence electrons. The van der Waals surface area contributed by atoms with Gasteiger partial charge in [-0.15, -0.1) is 0 Å². The van der Waals surface area contributed by atoms with Crippen molar-refractivity contribution in [1.82, 2.24) is 4.31 Å². The highest BCUT2D eigenvalue weighted by Crippen LogP contribution is 2.14. The fraction of sp³-hybridized carbons (Fsp3) is 0.364. The number of hydrogen-bond donors (Lipinski definition) is 1. The van der Waals surface area contributed by atoms with Gasteiger partial charge in [0.25, 0.3) is 0 Å². The van der Waals surface area contributed by atoms with E-state index < -0.39 is 21.9 Å². The summed E-state index contributed by atoms with van der Waals surface area (Å²) >= 11 is 0. The number of carboxylic acid groups (broad SMARTS) is 1. The topological polar surface area (TPSA) is 74.7 Å². The van der Waals surface area contributed by atoms with Gasteiger partial charge in [-0.3, -0.25) is 4.79 Å². The minimum Gasteiger partial charge on any atom is -0.481 e. The molecule has 17 heavy (non-hydrogen) atoms. The smallest absolute Gasteiger partial charge is 0.307 e. The first-order valence-corrected chi connectivity index (χ1v) is 6.54. The molecule has 0 radical (unpaired) electrons. The van der Waals surface area contributed by atoms with E-state index in [9.17, 15) is 13.2 Å². The third kappa shape index (κ3) is 3.28. The Kier molecular flexibility index (Phi) is 4.25. The lowest BCUT2D eigenvalue weighted by Gasteiger charge is -2.19. The van der Waals surface area contributed by atoms with E-state index in [1.165, 1.54) is 26.1 Å². The van der Waals surface area contributed by atoms with Gasteiger partial charge in [-0.2, -0.15) is 0 Å². The fourth-order valence-electron chi connectivity index (χ4n) is 1.33. The van der Waals surface area contributed by atoms with Crippen LogP contribution in [-0.2, 0) is 14.8 Å². The summed E-state index contributed by atoms with van der Waals surface area (Å²) in [4.78, 5) is 10.8. The molecular weight excluding hydrogens is 242 g/mol. The van der Waals surface area contributed by atoms with Crippen LogP contribution in [0.2, 0.25) is 0 Å². The summed E-state index contributed by atoms with van der Waals surface area (Å²) in [6.45, 7) is 1.42. The van der Waals surface area contributed by atoms with Crippen LogP contribution in [0.1, 0.15) is 6.92 Å². The van der Waals surface area contributed by atoms with Crippen LogP contribution in [0.3, 0.4) is 0 Å². The van der Waals surface area contributed by atoms with Gasteiger partial charge in [-0.05, 0) is 12.1 Å². The highest BCUT2D eigenvalue weighted by molar-refractivity contribution is 7.89. The van der Waals surface area contributed by atoms with E-state index in [0.717, 1.165) is 4.31 Å². The molecule has 0 aliphatic heterocycles. The SMILES string of the molecule is C[C@H](CN(C)S(=O)(=O)c1ccccc1)C(=O)O. The van der Waals surface area contributed by atoms with Crippen molar-refractivity contribution in [3.63, 3.8) is 0 Å².